The molecule has 0 fully saturated rings. The molecule has 0 aliphatic heterocycles. The molecule has 31 heavy (non-hydrogen) atoms. The number of halogens is 3. The van der Waals surface area contributed by atoms with Crippen LogP contribution in [0, 0.1) is 12.8 Å². The Morgan fingerprint density at radius 3 is 2.35 bits per heavy atom. The average Bonchev–Trinajstić information content (AvgIpc) is 2.73. The minimum absolute atomic E-state index is 0.112. The number of aryl methyl sites for hydroxylation is 1. The Labute approximate surface area is 178 Å². The number of benzene rings is 1. The van der Waals surface area contributed by atoms with Crippen LogP contribution in [0.4, 0.5) is 30.6 Å². The second-order valence-corrected chi connectivity index (χ2v) is 7.53. The van der Waals surface area contributed by atoms with Crippen molar-refractivity contribution in [1.29, 1.82) is 0 Å². The van der Waals surface area contributed by atoms with Gasteiger partial charge in [0.15, 0.2) is 0 Å². The highest BCUT2D eigenvalue weighted by Crippen LogP contribution is 2.34. The predicted molar refractivity (Wildman–Crippen MR) is 114 cm³/mol. The van der Waals surface area contributed by atoms with Crippen molar-refractivity contribution in [1.82, 2.24) is 15.0 Å². The fraction of sp³-hybridized carbons (Fsp3) is 0.318. The summed E-state index contributed by atoms with van der Waals surface area (Å²) < 4.78 is 39.8. The number of rotatable bonds is 7. The van der Waals surface area contributed by atoms with Crippen LogP contribution < -0.4 is 10.6 Å². The lowest BCUT2D eigenvalue weighted by Gasteiger charge is -2.21. The van der Waals surface area contributed by atoms with Crippen LogP contribution in [0.15, 0.2) is 48.8 Å². The number of aliphatic hydroxyl groups excluding tert-OH is 1. The molecular weight excluding hydrogens is 407 g/mol. The number of nitrogens with one attached hydrogen (secondary N) is 2. The van der Waals surface area contributed by atoms with E-state index in [2.05, 4.69) is 25.6 Å². The smallest absolute Gasteiger partial charge is 0.394 e. The Hall–Kier alpha value is -3.20. The maximum absolute atomic E-state index is 13.3. The minimum atomic E-state index is -4.45. The standard InChI is InChI=1S/C22H24F3N5O/c1-13(2)19(12-31)29-21-28-18(15-6-8-26-9-7-15)11-20(30-21)27-16-5-4-14(3)17(10-16)22(23,24)25/h4-11,13,19,31H,12H2,1-3H3,(H2,27,28,29,30)/t19-/m1/s1. The van der Waals surface area contributed by atoms with E-state index in [1.165, 1.54) is 13.0 Å². The molecular formula is C22H24F3N5O. The number of anilines is 3. The van der Waals surface area contributed by atoms with Crippen LogP contribution >= 0.6 is 0 Å². The van der Waals surface area contributed by atoms with Crippen LogP contribution in [-0.4, -0.2) is 32.7 Å². The number of pyridine rings is 1. The first-order valence-corrected chi connectivity index (χ1v) is 9.79. The van der Waals surface area contributed by atoms with Gasteiger partial charge in [-0.25, -0.2) is 4.98 Å². The first-order chi connectivity index (χ1) is 14.7. The van der Waals surface area contributed by atoms with Crippen molar-refractivity contribution in [2.75, 3.05) is 17.2 Å². The molecule has 1 atom stereocenters. The lowest BCUT2D eigenvalue weighted by Crippen LogP contribution is -2.30. The van der Waals surface area contributed by atoms with Crippen molar-refractivity contribution in [3.05, 3.63) is 59.9 Å². The first kappa shape index (κ1) is 22.5. The molecule has 0 aliphatic carbocycles. The molecule has 0 spiro atoms. The second kappa shape index (κ2) is 9.30. The monoisotopic (exact) mass is 431 g/mol. The van der Waals surface area contributed by atoms with Crippen LogP contribution in [0.25, 0.3) is 11.3 Å². The lowest BCUT2D eigenvalue weighted by molar-refractivity contribution is -0.138. The molecule has 0 radical (unpaired) electrons. The highest BCUT2D eigenvalue weighted by Gasteiger charge is 2.32. The molecule has 3 N–H and O–H groups in total. The molecule has 3 rings (SSSR count). The van der Waals surface area contributed by atoms with Crippen molar-refractivity contribution in [2.24, 2.45) is 5.92 Å². The number of hydrogen-bond acceptors (Lipinski definition) is 6. The van der Waals surface area contributed by atoms with Gasteiger partial charge in [0.1, 0.15) is 5.82 Å². The van der Waals surface area contributed by atoms with E-state index < -0.39 is 11.7 Å². The summed E-state index contributed by atoms with van der Waals surface area (Å²) in [7, 11) is 0. The number of nitrogens with zero attached hydrogens (tertiary/aromatic N) is 3. The minimum Gasteiger partial charge on any atom is -0.394 e. The van der Waals surface area contributed by atoms with E-state index in [0.29, 0.717) is 11.5 Å². The Bertz CT molecular complexity index is 1030. The van der Waals surface area contributed by atoms with Gasteiger partial charge in [0, 0.05) is 29.7 Å². The van der Waals surface area contributed by atoms with Gasteiger partial charge < -0.3 is 15.7 Å². The first-order valence-electron chi connectivity index (χ1n) is 9.79. The quantitative estimate of drug-likeness (QED) is 0.486. The summed E-state index contributed by atoms with van der Waals surface area (Å²) in [6.45, 7) is 5.20. The van der Waals surface area contributed by atoms with Gasteiger partial charge in [-0.1, -0.05) is 19.9 Å². The second-order valence-electron chi connectivity index (χ2n) is 7.53. The Morgan fingerprint density at radius 1 is 1.03 bits per heavy atom. The molecule has 1 aromatic carbocycles. The summed E-state index contributed by atoms with van der Waals surface area (Å²) in [5, 5.41) is 15.7. The molecule has 0 unspecified atom stereocenters. The highest BCUT2D eigenvalue weighted by atomic mass is 19.4. The Kier molecular flexibility index (Phi) is 6.74. The molecule has 164 valence electrons. The van der Waals surface area contributed by atoms with Crippen LogP contribution in [0.3, 0.4) is 0 Å². The van der Waals surface area contributed by atoms with Crippen molar-refractivity contribution < 1.29 is 18.3 Å². The molecule has 0 aliphatic rings. The van der Waals surface area contributed by atoms with Gasteiger partial charge in [-0.3, -0.25) is 4.98 Å². The maximum Gasteiger partial charge on any atom is 0.416 e. The largest absolute Gasteiger partial charge is 0.416 e. The van der Waals surface area contributed by atoms with Gasteiger partial charge in [0.05, 0.1) is 23.9 Å². The maximum atomic E-state index is 13.3. The van der Waals surface area contributed by atoms with Gasteiger partial charge >= 0.3 is 6.18 Å². The van der Waals surface area contributed by atoms with E-state index >= 15 is 0 Å². The van der Waals surface area contributed by atoms with E-state index in [1.807, 2.05) is 13.8 Å². The predicted octanol–water partition coefficient (Wildman–Crippen LogP) is 5.04. The summed E-state index contributed by atoms with van der Waals surface area (Å²) in [5.74, 6) is 0.690. The van der Waals surface area contributed by atoms with Gasteiger partial charge in [0.2, 0.25) is 5.95 Å². The van der Waals surface area contributed by atoms with E-state index in [4.69, 9.17) is 0 Å². The van der Waals surface area contributed by atoms with E-state index in [1.54, 1.807) is 36.7 Å². The lowest BCUT2D eigenvalue weighted by atomic mass is 10.1. The third-order valence-corrected chi connectivity index (χ3v) is 4.83. The molecule has 2 aromatic heterocycles. The van der Waals surface area contributed by atoms with Crippen molar-refractivity contribution in [3.8, 4) is 11.3 Å². The summed E-state index contributed by atoms with van der Waals surface area (Å²) in [4.78, 5) is 12.9. The molecule has 6 nitrogen and oxygen atoms in total. The van der Waals surface area contributed by atoms with Crippen molar-refractivity contribution in [2.45, 2.75) is 33.0 Å². The van der Waals surface area contributed by atoms with Crippen LogP contribution in [0.1, 0.15) is 25.0 Å². The molecule has 0 amide bonds. The van der Waals surface area contributed by atoms with Gasteiger partial charge in [-0.05, 0) is 42.7 Å². The van der Waals surface area contributed by atoms with Gasteiger partial charge in [0.25, 0.3) is 0 Å². The van der Waals surface area contributed by atoms with E-state index in [0.717, 1.165) is 11.6 Å². The zero-order valence-corrected chi connectivity index (χ0v) is 17.4. The molecule has 3 aromatic rings. The molecule has 0 saturated carbocycles. The van der Waals surface area contributed by atoms with Crippen LogP contribution in [0.2, 0.25) is 0 Å². The summed E-state index contributed by atoms with van der Waals surface area (Å²) in [6.07, 6.45) is -1.20. The number of hydrogen-bond donors (Lipinski definition) is 3. The molecule has 9 heteroatoms. The zero-order chi connectivity index (χ0) is 22.6. The topological polar surface area (TPSA) is 83.0 Å². The van der Waals surface area contributed by atoms with E-state index in [9.17, 15) is 18.3 Å². The molecule has 0 bridgehead atoms. The summed E-state index contributed by atoms with van der Waals surface area (Å²) in [5.41, 5.74) is 1.02. The average molecular weight is 431 g/mol. The summed E-state index contributed by atoms with van der Waals surface area (Å²) >= 11 is 0. The fourth-order valence-electron chi connectivity index (χ4n) is 2.99. The number of aromatic nitrogens is 3. The Morgan fingerprint density at radius 2 is 1.74 bits per heavy atom. The summed E-state index contributed by atoms with van der Waals surface area (Å²) in [6, 6.07) is 8.95. The van der Waals surface area contributed by atoms with Crippen LogP contribution in [0.5, 0.6) is 0 Å². The molecule has 2 heterocycles. The van der Waals surface area contributed by atoms with Gasteiger partial charge in [-0.2, -0.15) is 18.2 Å². The van der Waals surface area contributed by atoms with E-state index in [-0.39, 0.29) is 35.8 Å². The Balaban J connectivity index is 2.00. The third kappa shape index (κ3) is 5.69. The number of aliphatic hydroxyl groups is 1. The SMILES string of the molecule is Cc1ccc(Nc2cc(-c3ccncc3)nc(N[C@H](CO)C(C)C)n2)cc1C(F)(F)F. The third-order valence-electron chi connectivity index (χ3n) is 4.83. The normalized spacial score (nSPS) is 12.6. The highest BCUT2D eigenvalue weighted by molar-refractivity contribution is 5.67. The fourth-order valence-corrected chi connectivity index (χ4v) is 2.99. The molecule has 0 saturated heterocycles. The zero-order valence-electron chi connectivity index (χ0n) is 17.4. The van der Waals surface area contributed by atoms with Crippen molar-refractivity contribution in [3.63, 3.8) is 0 Å². The van der Waals surface area contributed by atoms with Crippen LogP contribution in [-0.2, 0) is 6.18 Å². The number of alkyl halides is 3. The van der Waals surface area contributed by atoms with Gasteiger partial charge in [-0.15, -0.1) is 0 Å². The van der Waals surface area contributed by atoms with Crippen molar-refractivity contribution >= 4 is 17.5 Å².